The van der Waals surface area contributed by atoms with Crippen LogP contribution < -0.4 is 0 Å². The second-order valence-electron chi connectivity index (χ2n) is 12.2. The molecule has 2 aromatic heterocycles. The largest absolute Gasteiger partial charge is 0.385 e. The van der Waals surface area contributed by atoms with E-state index in [4.69, 9.17) is 9.47 Å². The number of benzene rings is 1. The molecule has 0 N–H and O–H groups in total. The topological polar surface area (TPSA) is 59.8 Å². The third-order valence-corrected chi connectivity index (χ3v) is 9.25. The zero-order chi connectivity index (χ0) is 29.1. The lowest BCUT2D eigenvalue weighted by Gasteiger charge is -2.36. The van der Waals surface area contributed by atoms with Gasteiger partial charge in [-0.05, 0) is 101 Å². The van der Waals surface area contributed by atoms with Gasteiger partial charge in [0.25, 0.3) is 5.91 Å². The second-order valence-corrected chi connectivity index (χ2v) is 12.2. The van der Waals surface area contributed by atoms with Crippen LogP contribution in [0.2, 0.25) is 0 Å². The molecular formula is C33H45FN4O3. The molecule has 2 aliphatic rings. The molecule has 1 amide bonds. The van der Waals surface area contributed by atoms with Crippen molar-refractivity contribution in [1.29, 1.82) is 0 Å². The standard InChI is InChI=1S/C33H45FN4O3/c1-22(2)36(4)33(39)28-17-27(34)6-7-30(28)38-21-26(32-23(3)18-35-19-31(32)38)16-24-8-12-37(20-24)29(11-13-40-5)25-9-14-41-15-10-25/h6-7,17-19,21-22,24-25,29H,8-16,20H2,1-5H3/t24-,29?/m0/s1. The summed E-state index contributed by atoms with van der Waals surface area (Å²) in [6, 6.07) is 5.03. The molecule has 2 atom stereocenters. The number of aromatic nitrogens is 2. The Labute approximate surface area is 243 Å². The molecule has 5 rings (SSSR count). The van der Waals surface area contributed by atoms with Gasteiger partial charge in [-0.2, -0.15) is 0 Å². The number of nitrogens with zero attached hydrogens (tertiary/aromatic N) is 4. The van der Waals surface area contributed by atoms with E-state index in [1.54, 1.807) is 25.1 Å². The van der Waals surface area contributed by atoms with Crippen molar-refractivity contribution in [1.82, 2.24) is 19.4 Å². The first kappa shape index (κ1) is 29.7. The minimum absolute atomic E-state index is 0.00124. The molecule has 2 fully saturated rings. The predicted molar refractivity (Wildman–Crippen MR) is 160 cm³/mol. The number of aryl methyl sites for hydroxylation is 1. The fraction of sp³-hybridized carbons (Fsp3) is 0.576. The van der Waals surface area contributed by atoms with Crippen molar-refractivity contribution in [2.45, 2.75) is 65.0 Å². The summed E-state index contributed by atoms with van der Waals surface area (Å²) in [5, 5.41) is 1.18. The molecule has 0 aliphatic carbocycles. The van der Waals surface area contributed by atoms with E-state index in [0.717, 1.165) is 76.1 Å². The highest BCUT2D eigenvalue weighted by Crippen LogP contribution is 2.35. The lowest BCUT2D eigenvalue weighted by molar-refractivity contribution is 0.0206. The molecule has 7 nitrogen and oxygen atoms in total. The summed E-state index contributed by atoms with van der Waals surface area (Å²) in [6.45, 7) is 10.7. The van der Waals surface area contributed by atoms with Gasteiger partial charge >= 0.3 is 0 Å². The van der Waals surface area contributed by atoms with Crippen molar-refractivity contribution in [3.63, 3.8) is 0 Å². The summed E-state index contributed by atoms with van der Waals surface area (Å²) >= 11 is 0. The number of likely N-dealkylation sites (tertiary alicyclic amines) is 1. The molecule has 8 heteroatoms. The van der Waals surface area contributed by atoms with Gasteiger partial charge in [-0.25, -0.2) is 4.39 Å². The maximum absolute atomic E-state index is 14.4. The molecule has 4 heterocycles. The maximum atomic E-state index is 14.4. The van der Waals surface area contributed by atoms with E-state index in [1.165, 1.54) is 23.1 Å². The minimum Gasteiger partial charge on any atom is -0.385 e. The zero-order valence-electron chi connectivity index (χ0n) is 25.2. The number of carbonyl (C=O) groups excluding carboxylic acids is 1. The van der Waals surface area contributed by atoms with Crippen LogP contribution in [-0.4, -0.2) is 84.4 Å². The van der Waals surface area contributed by atoms with Gasteiger partial charge in [0.2, 0.25) is 0 Å². The van der Waals surface area contributed by atoms with Crippen LogP contribution in [-0.2, 0) is 15.9 Å². The van der Waals surface area contributed by atoms with Gasteiger partial charge in [-0.1, -0.05) is 0 Å². The molecule has 0 bridgehead atoms. The van der Waals surface area contributed by atoms with E-state index in [9.17, 15) is 9.18 Å². The van der Waals surface area contributed by atoms with Crippen LogP contribution in [0.4, 0.5) is 4.39 Å². The van der Waals surface area contributed by atoms with Gasteiger partial charge in [0, 0.05) is 70.4 Å². The molecule has 2 aliphatic heterocycles. The van der Waals surface area contributed by atoms with E-state index in [2.05, 4.69) is 23.0 Å². The van der Waals surface area contributed by atoms with Gasteiger partial charge in [0.05, 0.1) is 23.0 Å². The smallest absolute Gasteiger partial charge is 0.256 e. The van der Waals surface area contributed by atoms with E-state index in [-0.39, 0.29) is 11.9 Å². The SMILES string of the molecule is COCCC(C1CCOCC1)N1CC[C@@H](Cc2cn(-c3ccc(F)cc3C(=O)N(C)C(C)C)c3cncc(C)c23)C1. The number of ether oxygens (including phenoxy) is 2. The molecule has 0 saturated carbocycles. The van der Waals surface area contributed by atoms with Crippen LogP contribution in [0, 0.1) is 24.6 Å². The number of amides is 1. The Morgan fingerprint density at radius 1 is 1.22 bits per heavy atom. The van der Waals surface area contributed by atoms with E-state index in [1.807, 2.05) is 30.8 Å². The third-order valence-electron chi connectivity index (χ3n) is 9.25. The van der Waals surface area contributed by atoms with Gasteiger partial charge in [-0.3, -0.25) is 14.7 Å². The van der Waals surface area contributed by atoms with Gasteiger partial charge in [-0.15, -0.1) is 0 Å². The van der Waals surface area contributed by atoms with Crippen LogP contribution in [0.5, 0.6) is 0 Å². The lowest BCUT2D eigenvalue weighted by atomic mass is 9.88. The number of halogens is 1. The quantitative estimate of drug-likeness (QED) is 0.319. The molecule has 222 valence electrons. The normalized spacial score (nSPS) is 19.3. The zero-order valence-corrected chi connectivity index (χ0v) is 25.2. The number of hydrogen-bond acceptors (Lipinski definition) is 5. The summed E-state index contributed by atoms with van der Waals surface area (Å²) in [7, 11) is 3.56. The van der Waals surface area contributed by atoms with Crippen molar-refractivity contribution in [2.24, 2.45) is 11.8 Å². The van der Waals surface area contributed by atoms with Crippen LogP contribution >= 0.6 is 0 Å². The Morgan fingerprint density at radius 2 is 2.00 bits per heavy atom. The first-order chi connectivity index (χ1) is 19.8. The van der Waals surface area contributed by atoms with Gasteiger partial charge < -0.3 is 18.9 Å². The Hall–Kier alpha value is -2.81. The summed E-state index contributed by atoms with van der Waals surface area (Å²) < 4.78 is 27.6. The molecule has 2 saturated heterocycles. The van der Waals surface area contributed by atoms with Crippen LogP contribution in [0.1, 0.15) is 61.0 Å². The number of rotatable bonds is 10. The van der Waals surface area contributed by atoms with E-state index < -0.39 is 5.82 Å². The van der Waals surface area contributed by atoms with Crippen molar-refractivity contribution < 1.29 is 18.7 Å². The Bertz CT molecular complexity index is 1350. The number of methoxy groups -OCH3 is 1. The van der Waals surface area contributed by atoms with Gasteiger partial charge in [0.1, 0.15) is 5.82 Å². The number of carbonyl (C=O) groups is 1. The second kappa shape index (κ2) is 13.0. The van der Waals surface area contributed by atoms with Crippen LogP contribution in [0.15, 0.2) is 36.8 Å². The summed E-state index contributed by atoms with van der Waals surface area (Å²) in [6.07, 6.45) is 11.3. The molecule has 3 aromatic rings. The fourth-order valence-electron chi connectivity index (χ4n) is 6.81. The first-order valence-corrected chi connectivity index (χ1v) is 15.1. The summed E-state index contributed by atoms with van der Waals surface area (Å²) in [5.41, 5.74) is 4.35. The molecule has 1 aromatic carbocycles. The highest BCUT2D eigenvalue weighted by Gasteiger charge is 2.34. The Kier molecular flexibility index (Phi) is 9.42. The maximum Gasteiger partial charge on any atom is 0.256 e. The summed E-state index contributed by atoms with van der Waals surface area (Å²) in [4.78, 5) is 22.3. The third kappa shape index (κ3) is 6.35. The molecule has 0 radical (unpaired) electrons. The number of hydrogen-bond donors (Lipinski definition) is 0. The first-order valence-electron chi connectivity index (χ1n) is 15.1. The monoisotopic (exact) mass is 564 g/mol. The molecular weight excluding hydrogens is 519 g/mol. The van der Waals surface area contributed by atoms with Crippen molar-refractivity contribution >= 4 is 16.8 Å². The Morgan fingerprint density at radius 3 is 2.73 bits per heavy atom. The average Bonchev–Trinajstić information content (AvgIpc) is 3.58. The van der Waals surface area contributed by atoms with Crippen LogP contribution in [0.25, 0.3) is 16.6 Å². The fourth-order valence-corrected chi connectivity index (χ4v) is 6.81. The van der Waals surface area contributed by atoms with E-state index in [0.29, 0.717) is 29.1 Å². The van der Waals surface area contributed by atoms with Crippen molar-refractivity contribution in [3.8, 4) is 5.69 Å². The van der Waals surface area contributed by atoms with Gasteiger partial charge in [0.15, 0.2) is 0 Å². The molecule has 41 heavy (non-hydrogen) atoms. The Balaban J connectivity index is 1.45. The molecule has 1 unspecified atom stereocenters. The van der Waals surface area contributed by atoms with Crippen molar-refractivity contribution in [2.75, 3.05) is 47.1 Å². The number of fused-ring (bicyclic) bond motifs is 1. The molecule has 0 spiro atoms. The number of pyridine rings is 1. The van der Waals surface area contributed by atoms with E-state index >= 15 is 0 Å². The minimum atomic E-state index is -0.418. The van der Waals surface area contributed by atoms with Crippen LogP contribution in [0.3, 0.4) is 0 Å². The predicted octanol–water partition coefficient (Wildman–Crippen LogP) is 5.65. The average molecular weight is 565 g/mol. The highest BCUT2D eigenvalue weighted by molar-refractivity contribution is 5.99. The van der Waals surface area contributed by atoms with Crippen molar-refractivity contribution in [3.05, 3.63) is 59.3 Å². The lowest BCUT2D eigenvalue weighted by Crippen LogP contribution is -2.42. The highest BCUT2D eigenvalue weighted by atomic mass is 19.1. The summed E-state index contributed by atoms with van der Waals surface area (Å²) in [5.74, 6) is 0.582.